The van der Waals surface area contributed by atoms with Gasteiger partial charge in [0.05, 0.1) is 0 Å². The van der Waals surface area contributed by atoms with Crippen molar-refractivity contribution in [2.24, 2.45) is 11.7 Å². The summed E-state index contributed by atoms with van der Waals surface area (Å²) in [6, 6.07) is 15.2. The Labute approximate surface area is 147 Å². The van der Waals surface area contributed by atoms with Gasteiger partial charge < -0.3 is 11.1 Å². The van der Waals surface area contributed by atoms with Crippen LogP contribution in [0.5, 0.6) is 0 Å². The monoisotopic (exact) mass is 338 g/mol. The average molecular weight is 338 g/mol. The molecule has 1 atom stereocenters. The zero-order chi connectivity index (χ0) is 18.4. The van der Waals surface area contributed by atoms with E-state index in [1.54, 1.807) is 50.2 Å². The van der Waals surface area contributed by atoms with Gasteiger partial charge in [-0.25, -0.2) is 0 Å². The van der Waals surface area contributed by atoms with Crippen molar-refractivity contribution in [3.8, 4) is 0 Å². The molecule has 3 N–H and O–H groups in total. The first kappa shape index (κ1) is 18.4. The van der Waals surface area contributed by atoms with Crippen LogP contribution in [-0.4, -0.2) is 23.6 Å². The van der Waals surface area contributed by atoms with Gasteiger partial charge in [0.2, 0.25) is 11.8 Å². The molecule has 0 saturated carbocycles. The van der Waals surface area contributed by atoms with Crippen LogP contribution in [-0.2, 0) is 16.0 Å². The second kappa shape index (κ2) is 8.24. The van der Waals surface area contributed by atoms with Gasteiger partial charge in [-0.2, -0.15) is 0 Å². The van der Waals surface area contributed by atoms with Gasteiger partial charge >= 0.3 is 0 Å². The summed E-state index contributed by atoms with van der Waals surface area (Å²) in [6.45, 7) is 3.49. The molecule has 25 heavy (non-hydrogen) atoms. The third-order valence-electron chi connectivity index (χ3n) is 3.88. The Morgan fingerprint density at radius 2 is 1.48 bits per heavy atom. The lowest BCUT2D eigenvalue weighted by Crippen LogP contribution is -2.47. The molecule has 0 heterocycles. The summed E-state index contributed by atoms with van der Waals surface area (Å²) in [4.78, 5) is 35.7. The quantitative estimate of drug-likeness (QED) is 0.758. The number of carbonyl (C=O) groups excluding carboxylic acids is 3. The highest BCUT2D eigenvalue weighted by atomic mass is 16.2. The van der Waals surface area contributed by atoms with Crippen LogP contribution in [0.3, 0.4) is 0 Å². The normalized spacial score (nSPS) is 11.8. The number of benzene rings is 2. The molecular formula is C20H22N2O3. The highest BCUT2D eigenvalue weighted by molar-refractivity contribution is 6.08. The molecule has 0 fully saturated rings. The van der Waals surface area contributed by atoms with Gasteiger partial charge in [-0.05, 0) is 5.56 Å². The van der Waals surface area contributed by atoms with E-state index in [0.29, 0.717) is 11.1 Å². The van der Waals surface area contributed by atoms with Crippen molar-refractivity contribution >= 4 is 17.6 Å². The van der Waals surface area contributed by atoms with Gasteiger partial charge in [-0.15, -0.1) is 0 Å². The minimum atomic E-state index is -0.773. The van der Waals surface area contributed by atoms with Gasteiger partial charge in [0, 0.05) is 23.5 Å². The molecule has 0 radical (unpaired) electrons. The maximum Gasteiger partial charge on any atom is 0.240 e. The molecule has 0 aliphatic carbocycles. The van der Waals surface area contributed by atoms with E-state index in [9.17, 15) is 14.4 Å². The van der Waals surface area contributed by atoms with Crippen LogP contribution >= 0.6 is 0 Å². The average Bonchev–Trinajstić information content (AvgIpc) is 2.61. The summed E-state index contributed by atoms with van der Waals surface area (Å²) >= 11 is 0. The summed E-state index contributed by atoms with van der Waals surface area (Å²) < 4.78 is 0. The molecule has 0 spiro atoms. The lowest BCUT2D eigenvalue weighted by atomic mass is 9.99. The Morgan fingerprint density at radius 3 is 2.00 bits per heavy atom. The summed E-state index contributed by atoms with van der Waals surface area (Å²) in [5.74, 6) is -1.10. The van der Waals surface area contributed by atoms with E-state index in [1.807, 2.05) is 18.2 Å². The Kier molecular flexibility index (Phi) is 6.06. The van der Waals surface area contributed by atoms with E-state index in [2.05, 4.69) is 5.32 Å². The van der Waals surface area contributed by atoms with Gasteiger partial charge in [0.15, 0.2) is 5.78 Å². The zero-order valence-electron chi connectivity index (χ0n) is 14.4. The number of ketones is 1. The molecule has 5 heteroatoms. The Balaban J connectivity index is 2.09. The maximum atomic E-state index is 12.4. The van der Waals surface area contributed by atoms with Gasteiger partial charge in [-0.3, -0.25) is 14.4 Å². The third kappa shape index (κ3) is 5.01. The number of amides is 2. The lowest BCUT2D eigenvalue weighted by molar-refractivity contribution is -0.129. The van der Waals surface area contributed by atoms with E-state index in [4.69, 9.17) is 5.73 Å². The first-order valence-corrected chi connectivity index (χ1v) is 8.17. The number of carbonyl (C=O) groups is 3. The van der Waals surface area contributed by atoms with Crippen LogP contribution in [0.2, 0.25) is 0 Å². The van der Waals surface area contributed by atoms with Crippen LogP contribution in [0.15, 0.2) is 54.6 Å². The number of hydrogen-bond donors (Lipinski definition) is 2. The third-order valence-corrected chi connectivity index (χ3v) is 3.88. The molecule has 0 unspecified atom stereocenters. The second-order valence-corrected chi connectivity index (χ2v) is 6.21. The minimum Gasteiger partial charge on any atom is -0.368 e. The SMILES string of the molecule is CC(C)C(=O)N[C@H](Cc1ccc(C(=O)c2ccccc2)cc1)C(N)=O. The molecular weight excluding hydrogens is 316 g/mol. The standard InChI is InChI=1S/C20H22N2O3/c1-13(2)20(25)22-17(19(21)24)12-14-8-10-16(11-9-14)18(23)15-6-4-3-5-7-15/h3-11,13,17H,12H2,1-2H3,(H2,21,24)(H,22,25)/t17-/m1/s1. The molecule has 5 nitrogen and oxygen atoms in total. The van der Waals surface area contributed by atoms with Crippen molar-refractivity contribution in [2.75, 3.05) is 0 Å². The predicted octanol–water partition coefficient (Wildman–Crippen LogP) is 2.09. The number of hydrogen-bond acceptors (Lipinski definition) is 3. The van der Waals surface area contributed by atoms with E-state index in [-0.39, 0.29) is 24.0 Å². The van der Waals surface area contributed by atoms with Crippen molar-refractivity contribution in [1.82, 2.24) is 5.32 Å². The Hall–Kier alpha value is -2.95. The summed E-state index contributed by atoms with van der Waals surface area (Å²) in [6.07, 6.45) is 0.285. The van der Waals surface area contributed by atoms with Crippen molar-refractivity contribution in [3.05, 3.63) is 71.3 Å². The van der Waals surface area contributed by atoms with Crippen molar-refractivity contribution in [1.29, 1.82) is 0 Å². The smallest absolute Gasteiger partial charge is 0.240 e. The van der Waals surface area contributed by atoms with Crippen molar-refractivity contribution < 1.29 is 14.4 Å². The first-order valence-electron chi connectivity index (χ1n) is 8.17. The zero-order valence-corrected chi connectivity index (χ0v) is 14.4. The topological polar surface area (TPSA) is 89.3 Å². The number of rotatable bonds is 7. The molecule has 2 aromatic rings. The largest absolute Gasteiger partial charge is 0.368 e. The van der Waals surface area contributed by atoms with Crippen LogP contribution in [0.1, 0.15) is 35.3 Å². The fraction of sp³-hybridized carbons (Fsp3) is 0.250. The highest BCUT2D eigenvalue weighted by Crippen LogP contribution is 2.12. The van der Waals surface area contributed by atoms with E-state index < -0.39 is 11.9 Å². The van der Waals surface area contributed by atoms with Gasteiger partial charge in [-0.1, -0.05) is 68.4 Å². The fourth-order valence-electron chi connectivity index (χ4n) is 2.35. The fourth-order valence-corrected chi connectivity index (χ4v) is 2.35. The summed E-state index contributed by atoms with van der Waals surface area (Å²) in [7, 11) is 0. The van der Waals surface area contributed by atoms with Crippen molar-refractivity contribution in [3.63, 3.8) is 0 Å². The lowest BCUT2D eigenvalue weighted by Gasteiger charge is -2.17. The Bertz CT molecular complexity index is 752. The highest BCUT2D eigenvalue weighted by Gasteiger charge is 2.20. The minimum absolute atomic E-state index is 0.0632. The van der Waals surface area contributed by atoms with Crippen molar-refractivity contribution in [2.45, 2.75) is 26.3 Å². The number of nitrogens with two attached hydrogens (primary N) is 1. The molecule has 2 rings (SSSR count). The second-order valence-electron chi connectivity index (χ2n) is 6.21. The number of primary amides is 1. The summed E-state index contributed by atoms with van der Waals surface area (Å²) in [5.41, 5.74) is 7.38. The molecule has 0 aliphatic rings. The van der Waals surface area contributed by atoms with Crippen LogP contribution in [0, 0.1) is 5.92 Å². The molecule has 0 bridgehead atoms. The molecule has 2 amide bonds. The molecule has 0 saturated heterocycles. The van der Waals surface area contributed by atoms with Gasteiger partial charge in [0.25, 0.3) is 0 Å². The van der Waals surface area contributed by atoms with Crippen LogP contribution in [0.4, 0.5) is 0 Å². The molecule has 2 aromatic carbocycles. The van der Waals surface area contributed by atoms with E-state index in [1.165, 1.54) is 0 Å². The van der Waals surface area contributed by atoms with E-state index >= 15 is 0 Å². The van der Waals surface area contributed by atoms with Gasteiger partial charge in [0.1, 0.15) is 6.04 Å². The van der Waals surface area contributed by atoms with Crippen LogP contribution < -0.4 is 11.1 Å². The first-order chi connectivity index (χ1) is 11.9. The predicted molar refractivity (Wildman–Crippen MR) is 96.0 cm³/mol. The molecule has 0 aliphatic heterocycles. The molecule has 130 valence electrons. The van der Waals surface area contributed by atoms with Crippen LogP contribution in [0.25, 0.3) is 0 Å². The number of nitrogens with one attached hydrogen (secondary N) is 1. The maximum absolute atomic E-state index is 12.4. The Morgan fingerprint density at radius 1 is 0.920 bits per heavy atom. The molecule has 0 aromatic heterocycles. The van der Waals surface area contributed by atoms with E-state index in [0.717, 1.165) is 5.56 Å². The summed E-state index contributed by atoms with van der Waals surface area (Å²) in [5, 5.41) is 2.65.